The molecule has 1 amide bonds. The van der Waals surface area contributed by atoms with E-state index < -0.39 is 0 Å². The van der Waals surface area contributed by atoms with Gasteiger partial charge in [0.1, 0.15) is 0 Å². The second-order valence-corrected chi connectivity index (χ2v) is 5.51. The van der Waals surface area contributed by atoms with Crippen molar-refractivity contribution in [1.82, 2.24) is 10.2 Å². The lowest BCUT2D eigenvalue weighted by atomic mass is 10.0. The van der Waals surface area contributed by atoms with Crippen LogP contribution in [0.3, 0.4) is 0 Å². The summed E-state index contributed by atoms with van der Waals surface area (Å²) < 4.78 is 0. The molecule has 1 aliphatic heterocycles. The van der Waals surface area contributed by atoms with Gasteiger partial charge in [-0.3, -0.25) is 9.79 Å². The summed E-state index contributed by atoms with van der Waals surface area (Å²) in [7, 11) is 1.76. The molecule has 22 heavy (non-hydrogen) atoms. The molecule has 0 spiro atoms. The molecule has 5 nitrogen and oxygen atoms in total. The van der Waals surface area contributed by atoms with Gasteiger partial charge in [0.15, 0.2) is 5.96 Å². The maximum Gasteiger partial charge on any atom is 0.243 e. The predicted molar refractivity (Wildman–Crippen MR) is 102 cm³/mol. The normalized spacial score (nSPS) is 18.4. The highest BCUT2D eigenvalue weighted by Gasteiger charge is 2.19. The van der Waals surface area contributed by atoms with Crippen molar-refractivity contribution in [3.8, 4) is 0 Å². The van der Waals surface area contributed by atoms with Gasteiger partial charge in [-0.25, -0.2) is 0 Å². The fourth-order valence-corrected chi connectivity index (χ4v) is 2.60. The van der Waals surface area contributed by atoms with E-state index in [1.807, 2.05) is 30.3 Å². The zero-order valence-corrected chi connectivity index (χ0v) is 15.5. The Morgan fingerprint density at radius 3 is 2.73 bits per heavy atom. The van der Waals surface area contributed by atoms with Crippen molar-refractivity contribution in [3.05, 3.63) is 30.3 Å². The van der Waals surface area contributed by atoms with Crippen molar-refractivity contribution in [2.45, 2.75) is 19.8 Å². The fourth-order valence-electron chi connectivity index (χ4n) is 2.60. The predicted octanol–water partition coefficient (Wildman–Crippen LogP) is 2.55. The van der Waals surface area contributed by atoms with E-state index in [2.05, 4.69) is 27.4 Å². The van der Waals surface area contributed by atoms with Crippen LogP contribution in [-0.2, 0) is 4.79 Å². The smallest absolute Gasteiger partial charge is 0.243 e. The molecule has 1 heterocycles. The number of nitrogens with one attached hydrogen (secondary N) is 2. The van der Waals surface area contributed by atoms with Crippen molar-refractivity contribution in [3.63, 3.8) is 0 Å². The van der Waals surface area contributed by atoms with Crippen molar-refractivity contribution in [2.75, 3.05) is 32.0 Å². The fraction of sp³-hybridized carbons (Fsp3) is 0.500. The van der Waals surface area contributed by atoms with Gasteiger partial charge in [0.25, 0.3) is 0 Å². The SMILES string of the molecule is CN=C(NCC(=O)Nc1ccccc1)N1CCCC(C)C1.I. The number of anilines is 1. The topological polar surface area (TPSA) is 56.7 Å². The van der Waals surface area contributed by atoms with Gasteiger partial charge < -0.3 is 15.5 Å². The standard InChI is InChI=1S/C16H24N4O.HI/c1-13-7-6-10-20(12-13)16(17-2)18-11-15(21)19-14-8-4-3-5-9-14;/h3-5,8-9,13H,6-7,10-12H2,1-2H3,(H,17,18)(H,19,21);1H. The molecule has 2 rings (SSSR count). The first-order chi connectivity index (χ1) is 10.2. The number of likely N-dealkylation sites (tertiary alicyclic amines) is 1. The lowest BCUT2D eigenvalue weighted by Crippen LogP contribution is -2.48. The number of carbonyl (C=O) groups is 1. The zero-order valence-electron chi connectivity index (χ0n) is 13.2. The Morgan fingerprint density at radius 1 is 1.36 bits per heavy atom. The molecular weight excluding hydrogens is 391 g/mol. The van der Waals surface area contributed by atoms with Crippen molar-refractivity contribution < 1.29 is 4.79 Å². The number of para-hydroxylation sites is 1. The third-order valence-corrected chi connectivity index (χ3v) is 3.63. The van der Waals surface area contributed by atoms with E-state index in [0.29, 0.717) is 5.92 Å². The molecule has 6 heteroatoms. The Hall–Kier alpha value is -1.31. The first-order valence-electron chi connectivity index (χ1n) is 7.49. The van der Waals surface area contributed by atoms with Crippen LogP contribution < -0.4 is 10.6 Å². The van der Waals surface area contributed by atoms with E-state index in [9.17, 15) is 4.79 Å². The highest BCUT2D eigenvalue weighted by Crippen LogP contribution is 2.15. The molecule has 0 aromatic heterocycles. The summed E-state index contributed by atoms with van der Waals surface area (Å²) in [6.45, 7) is 4.48. The summed E-state index contributed by atoms with van der Waals surface area (Å²) in [6, 6.07) is 9.47. The lowest BCUT2D eigenvalue weighted by Gasteiger charge is -2.33. The van der Waals surface area contributed by atoms with E-state index in [0.717, 1.165) is 24.7 Å². The van der Waals surface area contributed by atoms with Crippen molar-refractivity contribution in [2.24, 2.45) is 10.9 Å². The molecule has 0 bridgehead atoms. The molecule has 0 saturated carbocycles. The van der Waals surface area contributed by atoms with Crippen LogP contribution in [0.4, 0.5) is 5.69 Å². The van der Waals surface area contributed by atoms with Gasteiger partial charge in [0.2, 0.25) is 5.91 Å². The Balaban J connectivity index is 0.00000242. The summed E-state index contributed by atoms with van der Waals surface area (Å²) in [5.74, 6) is 1.42. The number of guanidine groups is 1. The molecule has 1 aromatic rings. The maximum absolute atomic E-state index is 11.9. The second-order valence-electron chi connectivity index (χ2n) is 5.51. The molecule has 1 saturated heterocycles. The maximum atomic E-state index is 11.9. The highest BCUT2D eigenvalue weighted by atomic mass is 127. The number of rotatable bonds is 3. The summed E-state index contributed by atoms with van der Waals surface area (Å²) in [5, 5.41) is 6.00. The van der Waals surface area contributed by atoms with Gasteiger partial charge in [-0.05, 0) is 30.9 Å². The first kappa shape index (κ1) is 18.7. The number of hydrogen-bond donors (Lipinski definition) is 2. The average Bonchev–Trinajstić information content (AvgIpc) is 2.49. The summed E-state index contributed by atoms with van der Waals surface area (Å²) in [6.07, 6.45) is 2.44. The van der Waals surface area contributed by atoms with Crippen LogP contribution in [0, 0.1) is 5.92 Å². The number of hydrogen-bond acceptors (Lipinski definition) is 2. The molecule has 2 N–H and O–H groups in total. The van der Waals surface area contributed by atoms with Gasteiger partial charge in [0.05, 0.1) is 6.54 Å². The Labute approximate surface area is 149 Å². The molecule has 1 fully saturated rings. The van der Waals surface area contributed by atoms with E-state index in [1.54, 1.807) is 7.05 Å². The van der Waals surface area contributed by atoms with Gasteiger partial charge in [-0.2, -0.15) is 0 Å². The minimum Gasteiger partial charge on any atom is -0.347 e. The molecule has 1 aliphatic rings. The number of piperidine rings is 1. The van der Waals surface area contributed by atoms with E-state index in [4.69, 9.17) is 0 Å². The van der Waals surface area contributed by atoms with Crippen molar-refractivity contribution >= 4 is 41.5 Å². The van der Waals surface area contributed by atoms with Gasteiger partial charge in [0, 0.05) is 25.8 Å². The average molecular weight is 416 g/mol. The number of benzene rings is 1. The van der Waals surface area contributed by atoms with Crippen LogP contribution >= 0.6 is 24.0 Å². The summed E-state index contributed by atoms with van der Waals surface area (Å²) in [4.78, 5) is 18.4. The van der Waals surface area contributed by atoms with Crippen LogP contribution in [-0.4, -0.2) is 43.4 Å². The first-order valence-corrected chi connectivity index (χ1v) is 7.49. The molecular formula is C16H25IN4O. The van der Waals surface area contributed by atoms with Crippen molar-refractivity contribution in [1.29, 1.82) is 0 Å². The molecule has 1 aromatic carbocycles. The van der Waals surface area contributed by atoms with Crippen LogP contribution in [0.2, 0.25) is 0 Å². The number of amides is 1. The van der Waals surface area contributed by atoms with E-state index in [1.165, 1.54) is 12.8 Å². The highest BCUT2D eigenvalue weighted by molar-refractivity contribution is 14.0. The Kier molecular flexibility index (Phi) is 8.22. The van der Waals surface area contributed by atoms with Crippen LogP contribution in [0.25, 0.3) is 0 Å². The van der Waals surface area contributed by atoms with Crippen LogP contribution in [0.1, 0.15) is 19.8 Å². The molecule has 1 atom stereocenters. The van der Waals surface area contributed by atoms with Crippen LogP contribution in [0.15, 0.2) is 35.3 Å². The lowest BCUT2D eigenvalue weighted by molar-refractivity contribution is -0.115. The van der Waals surface area contributed by atoms with E-state index >= 15 is 0 Å². The number of halogens is 1. The van der Waals surface area contributed by atoms with Gasteiger partial charge >= 0.3 is 0 Å². The number of aliphatic imine (C=N–C) groups is 1. The minimum absolute atomic E-state index is 0. The quantitative estimate of drug-likeness (QED) is 0.453. The number of nitrogens with zero attached hydrogens (tertiary/aromatic N) is 2. The largest absolute Gasteiger partial charge is 0.347 e. The molecule has 1 unspecified atom stereocenters. The third-order valence-electron chi connectivity index (χ3n) is 3.63. The zero-order chi connectivity index (χ0) is 15.1. The minimum atomic E-state index is -0.0626. The Morgan fingerprint density at radius 2 is 2.09 bits per heavy atom. The van der Waals surface area contributed by atoms with E-state index in [-0.39, 0.29) is 36.4 Å². The second kappa shape index (κ2) is 9.66. The number of carbonyl (C=O) groups excluding carboxylic acids is 1. The molecule has 122 valence electrons. The van der Waals surface area contributed by atoms with Crippen LogP contribution in [0.5, 0.6) is 0 Å². The van der Waals surface area contributed by atoms with Gasteiger partial charge in [-0.15, -0.1) is 24.0 Å². The monoisotopic (exact) mass is 416 g/mol. The van der Waals surface area contributed by atoms with Gasteiger partial charge in [-0.1, -0.05) is 25.1 Å². The Bertz CT molecular complexity index is 492. The summed E-state index contributed by atoms with van der Waals surface area (Å²) >= 11 is 0. The third kappa shape index (κ3) is 5.82. The molecule has 0 aliphatic carbocycles. The molecule has 0 radical (unpaired) electrons. The summed E-state index contributed by atoms with van der Waals surface area (Å²) in [5.41, 5.74) is 0.811.